The van der Waals surface area contributed by atoms with Crippen molar-refractivity contribution >= 4 is 35.3 Å². The Morgan fingerprint density at radius 3 is 2.43 bits per heavy atom. The van der Waals surface area contributed by atoms with Crippen LogP contribution in [0.2, 0.25) is 10.0 Å². The number of rotatable bonds is 8. The molecule has 0 atom stereocenters. The predicted molar refractivity (Wildman–Crippen MR) is 120 cm³/mol. The average molecular weight is 443 g/mol. The van der Waals surface area contributed by atoms with Crippen LogP contribution in [-0.2, 0) is 6.61 Å². The van der Waals surface area contributed by atoms with Crippen molar-refractivity contribution in [2.24, 2.45) is 5.10 Å². The third-order valence-electron chi connectivity index (χ3n) is 4.11. The smallest absolute Gasteiger partial charge is 0.272 e. The minimum absolute atomic E-state index is 0.321. The number of hydrazone groups is 1. The molecule has 1 N–H and O–H groups in total. The van der Waals surface area contributed by atoms with Gasteiger partial charge in [0, 0.05) is 10.6 Å². The molecule has 0 aliphatic heterocycles. The molecular formula is C23H20Cl2N2O3. The summed E-state index contributed by atoms with van der Waals surface area (Å²) in [5.41, 5.74) is 4.45. The van der Waals surface area contributed by atoms with E-state index in [2.05, 4.69) is 10.5 Å². The van der Waals surface area contributed by atoms with E-state index in [0.717, 1.165) is 11.1 Å². The van der Waals surface area contributed by atoms with Gasteiger partial charge in [0.25, 0.3) is 5.91 Å². The first-order chi connectivity index (χ1) is 14.6. The molecule has 0 radical (unpaired) electrons. The second-order valence-corrected chi connectivity index (χ2v) is 7.01. The summed E-state index contributed by atoms with van der Waals surface area (Å²) in [6.45, 7) is 2.69. The lowest BCUT2D eigenvalue weighted by Gasteiger charge is -2.13. The highest BCUT2D eigenvalue weighted by atomic mass is 35.5. The van der Waals surface area contributed by atoms with Gasteiger partial charge in [0.2, 0.25) is 0 Å². The molecule has 154 valence electrons. The Kier molecular flexibility index (Phi) is 7.71. The molecular weight excluding hydrogens is 423 g/mol. The lowest BCUT2D eigenvalue weighted by Crippen LogP contribution is -2.17. The van der Waals surface area contributed by atoms with Gasteiger partial charge in [-0.15, -0.1) is 0 Å². The van der Waals surface area contributed by atoms with Crippen molar-refractivity contribution < 1.29 is 14.3 Å². The summed E-state index contributed by atoms with van der Waals surface area (Å²) in [5, 5.41) is 5.01. The van der Waals surface area contributed by atoms with Crippen LogP contribution < -0.4 is 14.9 Å². The number of ether oxygens (including phenoxy) is 2. The van der Waals surface area contributed by atoms with Crippen molar-refractivity contribution in [3.8, 4) is 11.5 Å². The van der Waals surface area contributed by atoms with Crippen LogP contribution in [0.15, 0.2) is 71.8 Å². The van der Waals surface area contributed by atoms with Gasteiger partial charge in [-0.1, -0.05) is 53.5 Å². The van der Waals surface area contributed by atoms with Gasteiger partial charge >= 0.3 is 0 Å². The number of carbonyl (C=O) groups is 1. The molecule has 0 saturated heterocycles. The third-order valence-corrected chi connectivity index (χ3v) is 4.81. The van der Waals surface area contributed by atoms with E-state index in [1.54, 1.807) is 36.4 Å². The van der Waals surface area contributed by atoms with Crippen molar-refractivity contribution in [2.45, 2.75) is 13.5 Å². The second-order valence-electron chi connectivity index (χ2n) is 6.20. The van der Waals surface area contributed by atoms with E-state index in [0.29, 0.717) is 40.3 Å². The summed E-state index contributed by atoms with van der Waals surface area (Å²) in [6, 6.07) is 19.7. The number of amides is 1. The zero-order chi connectivity index (χ0) is 21.3. The fourth-order valence-corrected chi connectivity index (χ4v) is 3.05. The van der Waals surface area contributed by atoms with Gasteiger partial charge in [0.15, 0.2) is 11.5 Å². The number of hydrogen-bond acceptors (Lipinski definition) is 4. The van der Waals surface area contributed by atoms with E-state index >= 15 is 0 Å². The number of halogens is 2. The van der Waals surface area contributed by atoms with E-state index < -0.39 is 0 Å². The van der Waals surface area contributed by atoms with Crippen LogP contribution in [0.4, 0.5) is 0 Å². The average Bonchev–Trinajstić information content (AvgIpc) is 2.74. The first-order valence-electron chi connectivity index (χ1n) is 9.29. The summed E-state index contributed by atoms with van der Waals surface area (Å²) < 4.78 is 11.6. The number of nitrogens with zero attached hydrogens (tertiary/aromatic N) is 1. The molecule has 0 heterocycles. The zero-order valence-electron chi connectivity index (χ0n) is 16.3. The normalized spacial score (nSPS) is 10.8. The Labute approximate surface area is 185 Å². The lowest BCUT2D eigenvalue weighted by molar-refractivity contribution is 0.0955. The van der Waals surface area contributed by atoms with Crippen molar-refractivity contribution in [2.75, 3.05) is 6.61 Å². The van der Waals surface area contributed by atoms with E-state index in [1.807, 2.05) is 37.3 Å². The van der Waals surface area contributed by atoms with Crippen molar-refractivity contribution in [1.29, 1.82) is 0 Å². The molecule has 3 aromatic rings. The largest absolute Gasteiger partial charge is 0.490 e. The SMILES string of the molecule is CCOc1cc(/C=N\NC(=O)c2ccccc2Cl)ccc1OCc1ccccc1Cl. The van der Waals surface area contributed by atoms with Gasteiger partial charge in [0.05, 0.1) is 23.4 Å². The van der Waals surface area contributed by atoms with Gasteiger partial charge in [0.1, 0.15) is 6.61 Å². The molecule has 5 nitrogen and oxygen atoms in total. The Balaban J connectivity index is 1.68. The monoisotopic (exact) mass is 442 g/mol. The Bertz CT molecular complexity index is 1050. The van der Waals surface area contributed by atoms with Gasteiger partial charge in [-0.25, -0.2) is 5.43 Å². The number of benzene rings is 3. The fourth-order valence-electron chi connectivity index (χ4n) is 2.63. The van der Waals surface area contributed by atoms with E-state index in [-0.39, 0.29) is 5.91 Å². The van der Waals surface area contributed by atoms with Crippen LogP contribution in [0.25, 0.3) is 0 Å². The number of hydrogen-bond donors (Lipinski definition) is 1. The summed E-state index contributed by atoms with van der Waals surface area (Å²) in [7, 11) is 0. The number of nitrogens with one attached hydrogen (secondary N) is 1. The van der Waals surface area contributed by atoms with Gasteiger partial charge in [-0.2, -0.15) is 5.10 Å². The molecule has 0 aliphatic carbocycles. The highest BCUT2D eigenvalue weighted by Gasteiger charge is 2.09. The first kappa shape index (κ1) is 21.7. The molecule has 30 heavy (non-hydrogen) atoms. The van der Waals surface area contributed by atoms with E-state index in [4.69, 9.17) is 32.7 Å². The minimum atomic E-state index is -0.387. The molecule has 0 aromatic heterocycles. The summed E-state index contributed by atoms with van der Waals surface area (Å²) in [4.78, 5) is 12.2. The number of carbonyl (C=O) groups excluding carboxylic acids is 1. The van der Waals surface area contributed by atoms with Crippen molar-refractivity contribution in [1.82, 2.24) is 5.43 Å². The maximum absolute atomic E-state index is 12.2. The fraction of sp³-hybridized carbons (Fsp3) is 0.130. The van der Waals surface area contributed by atoms with Crippen LogP contribution in [-0.4, -0.2) is 18.7 Å². The van der Waals surface area contributed by atoms with Crippen LogP contribution in [0.3, 0.4) is 0 Å². The molecule has 3 rings (SSSR count). The minimum Gasteiger partial charge on any atom is -0.490 e. The van der Waals surface area contributed by atoms with Crippen molar-refractivity contribution in [3.63, 3.8) is 0 Å². The maximum atomic E-state index is 12.2. The van der Waals surface area contributed by atoms with Crippen LogP contribution in [0, 0.1) is 0 Å². The molecule has 0 saturated carbocycles. The summed E-state index contributed by atoms with van der Waals surface area (Å²) >= 11 is 12.2. The van der Waals surface area contributed by atoms with E-state index in [9.17, 15) is 4.79 Å². The highest BCUT2D eigenvalue weighted by Crippen LogP contribution is 2.29. The third kappa shape index (κ3) is 5.75. The highest BCUT2D eigenvalue weighted by molar-refractivity contribution is 6.33. The Morgan fingerprint density at radius 1 is 0.967 bits per heavy atom. The molecule has 3 aromatic carbocycles. The Hall–Kier alpha value is -3.02. The molecule has 0 fully saturated rings. The summed E-state index contributed by atoms with van der Waals surface area (Å²) in [5.74, 6) is 0.779. The lowest BCUT2D eigenvalue weighted by atomic mass is 10.2. The second kappa shape index (κ2) is 10.7. The van der Waals surface area contributed by atoms with Crippen LogP contribution in [0.5, 0.6) is 11.5 Å². The molecule has 1 amide bonds. The van der Waals surface area contributed by atoms with E-state index in [1.165, 1.54) is 6.21 Å². The van der Waals surface area contributed by atoms with Gasteiger partial charge < -0.3 is 9.47 Å². The van der Waals surface area contributed by atoms with Crippen LogP contribution in [0.1, 0.15) is 28.4 Å². The molecule has 7 heteroatoms. The molecule has 0 aliphatic rings. The first-order valence-corrected chi connectivity index (χ1v) is 10.0. The standard InChI is InChI=1S/C23H20Cl2N2O3/c1-2-29-22-13-16(14-26-27-23(28)18-8-4-6-10-20(18)25)11-12-21(22)30-15-17-7-3-5-9-19(17)24/h3-14H,2,15H2,1H3,(H,27,28)/b26-14-. The summed E-state index contributed by atoms with van der Waals surface area (Å²) in [6.07, 6.45) is 1.52. The van der Waals surface area contributed by atoms with Gasteiger partial charge in [-0.3, -0.25) is 4.79 Å². The zero-order valence-corrected chi connectivity index (χ0v) is 17.8. The van der Waals surface area contributed by atoms with Gasteiger partial charge in [-0.05, 0) is 48.9 Å². The Morgan fingerprint density at radius 2 is 1.70 bits per heavy atom. The maximum Gasteiger partial charge on any atom is 0.272 e. The molecule has 0 spiro atoms. The quantitative estimate of drug-likeness (QED) is 0.357. The topological polar surface area (TPSA) is 59.9 Å². The molecule has 0 unspecified atom stereocenters. The predicted octanol–water partition coefficient (Wildman–Crippen LogP) is 5.74. The van der Waals surface area contributed by atoms with Crippen molar-refractivity contribution in [3.05, 3.63) is 93.5 Å². The van der Waals surface area contributed by atoms with Crippen LogP contribution >= 0.6 is 23.2 Å². The molecule has 0 bridgehead atoms.